The number of hydrogen-bond acceptors (Lipinski definition) is 3. The number of nitrogens with zero attached hydrogens (tertiary/aromatic N) is 3. The van der Waals surface area contributed by atoms with Gasteiger partial charge in [0.2, 0.25) is 0 Å². The molecule has 1 aliphatic heterocycles. The predicted octanol–water partition coefficient (Wildman–Crippen LogP) is 1.30. The van der Waals surface area contributed by atoms with E-state index in [2.05, 4.69) is 12.1 Å². The first-order valence-corrected chi connectivity index (χ1v) is 6.58. The number of piperidine rings is 1. The first-order chi connectivity index (χ1) is 8.58. The lowest BCUT2D eigenvalue weighted by Gasteiger charge is -2.34. The Morgan fingerprint density at radius 1 is 1.50 bits per heavy atom. The van der Waals surface area contributed by atoms with E-state index >= 15 is 0 Å². The van der Waals surface area contributed by atoms with Gasteiger partial charge in [0.05, 0.1) is 6.54 Å². The molecule has 6 nitrogen and oxygen atoms in total. The van der Waals surface area contributed by atoms with Gasteiger partial charge in [-0.15, -0.1) is 0 Å². The molecular formula is C12H24N4O2. The maximum atomic E-state index is 12.3. The minimum Gasteiger partial charge on any atom is -0.409 e. The fraction of sp³-hybridized carbons (Fsp3) is 0.833. The summed E-state index contributed by atoms with van der Waals surface area (Å²) >= 11 is 0. The van der Waals surface area contributed by atoms with Crippen LogP contribution in [0.3, 0.4) is 0 Å². The molecule has 0 unspecified atom stereocenters. The maximum Gasteiger partial charge on any atom is 0.320 e. The van der Waals surface area contributed by atoms with Gasteiger partial charge >= 0.3 is 6.03 Å². The van der Waals surface area contributed by atoms with Crippen molar-refractivity contribution in [2.75, 3.05) is 26.2 Å². The number of likely N-dealkylation sites (tertiary alicyclic amines) is 1. The van der Waals surface area contributed by atoms with Crippen LogP contribution < -0.4 is 5.73 Å². The highest BCUT2D eigenvalue weighted by atomic mass is 16.4. The first-order valence-electron chi connectivity index (χ1n) is 6.58. The second kappa shape index (κ2) is 7.08. The van der Waals surface area contributed by atoms with Crippen LogP contribution in [0.25, 0.3) is 0 Å². The Kier molecular flexibility index (Phi) is 5.74. The molecule has 0 atom stereocenters. The summed E-state index contributed by atoms with van der Waals surface area (Å²) in [6, 6.07) is -0.00431. The van der Waals surface area contributed by atoms with Crippen molar-refractivity contribution in [3.63, 3.8) is 0 Å². The van der Waals surface area contributed by atoms with Crippen molar-refractivity contribution in [3.05, 3.63) is 0 Å². The van der Waals surface area contributed by atoms with Gasteiger partial charge in [-0.1, -0.05) is 19.0 Å². The molecule has 2 amide bonds. The molecular weight excluding hydrogens is 232 g/mol. The second-order valence-electron chi connectivity index (χ2n) is 4.97. The summed E-state index contributed by atoms with van der Waals surface area (Å²) < 4.78 is 0. The second-order valence-corrected chi connectivity index (χ2v) is 4.97. The number of nitrogens with two attached hydrogens (primary N) is 1. The highest BCUT2D eigenvalue weighted by molar-refractivity contribution is 5.86. The Bertz CT molecular complexity index is 298. The Morgan fingerprint density at radius 3 is 2.61 bits per heavy atom. The standard InChI is InChI=1S/C12H24N4O2/c1-3-6-16(9-11(13)14-18)12(17)15-7-4-10(2)5-8-15/h10,18H,3-9H2,1-2H3,(H2,13,14). The minimum atomic E-state index is -0.00431. The van der Waals surface area contributed by atoms with E-state index in [0.29, 0.717) is 12.5 Å². The summed E-state index contributed by atoms with van der Waals surface area (Å²) in [6.07, 6.45) is 2.96. The van der Waals surface area contributed by atoms with Crippen molar-refractivity contribution < 1.29 is 10.0 Å². The van der Waals surface area contributed by atoms with Gasteiger partial charge in [0.25, 0.3) is 0 Å². The molecule has 1 aliphatic rings. The zero-order chi connectivity index (χ0) is 13.5. The van der Waals surface area contributed by atoms with Crippen LogP contribution in [0.5, 0.6) is 0 Å². The van der Waals surface area contributed by atoms with Gasteiger partial charge in [-0.25, -0.2) is 4.79 Å². The molecule has 0 saturated carbocycles. The van der Waals surface area contributed by atoms with E-state index in [1.807, 2.05) is 11.8 Å². The van der Waals surface area contributed by atoms with E-state index in [-0.39, 0.29) is 18.4 Å². The molecule has 1 fully saturated rings. The van der Waals surface area contributed by atoms with Crippen LogP contribution >= 0.6 is 0 Å². The molecule has 0 aliphatic carbocycles. The molecule has 0 spiro atoms. The van der Waals surface area contributed by atoms with Crippen LogP contribution in [-0.2, 0) is 0 Å². The van der Waals surface area contributed by atoms with Crippen molar-refractivity contribution in [2.45, 2.75) is 33.1 Å². The van der Waals surface area contributed by atoms with E-state index in [1.165, 1.54) is 0 Å². The molecule has 0 radical (unpaired) electrons. The highest BCUT2D eigenvalue weighted by Crippen LogP contribution is 2.17. The Hall–Kier alpha value is -1.46. The zero-order valence-corrected chi connectivity index (χ0v) is 11.3. The van der Waals surface area contributed by atoms with Crippen molar-refractivity contribution in [2.24, 2.45) is 16.8 Å². The third kappa shape index (κ3) is 4.09. The molecule has 6 heteroatoms. The molecule has 3 N–H and O–H groups in total. The van der Waals surface area contributed by atoms with E-state index in [0.717, 1.165) is 32.4 Å². The van der Waals surface area contributed by atoms with Gasteiger partial charge in [-0.2, -0.15) is 0 Å². The van der Waals surface area contributed by atoms with Crippen LogP contribution in [0.1, 0.15) is 33.1 Å². The number of carbonyl (C=O) groups excluding carboxylic acids is 1. The molecule has 18 heavy (non-hydrogen) atoms. The van der Waals surface area contributed by atoms with Gasteiger partial charge in [0.1, 0.15) is 0 Å². The third-order valence-corrected chi connectivity index (χ3v) is 3.30. The van der Waals surface area contributed by atoms with Gasteiger partial charge in [0.15, 0.2) is 5.84 Å². The maximum absolute atomic E-state index is 12.3. The SMILES string of the molecule is CCCN(CC(N)=NO)C(=O)N1CCC(C)CC1. The van der Waals surface area contributed by atoms with Crippen LogP contribution in [0.4, 0.5) is 4.79 Å². The van der Waals surface area contributed by atoms with E-state index in [1.54, 1.807) is 4.90 Å². The summed E-state index contributed by atoms with van der Waals surface area (Å²) in [5.41, 5.74) is 5.48. The van der Waals surface area contributed by atoms with Gasteiger partial charge in [-0.3, -0.25) is 0 Å². The Morgan fingerprint density at radius 2 is 2.11 bits per heavy atom. The lowest BCUT2D eigenvalue weighted by atomic mass is 9.99. The van der Waals surface area contributed by atoms with Crippen LogP contribution in [0.15, 0.2) is 5.16 Å². The van der Waals surface area contributed by atoms with Gasteiger partial charge in [0, 0.05) is 19.6 Å². The lowest BCUT2D eigenvalue weighted by Crippen LogP contribution is -2.49. The number of rotatable bonds is 4. The Labute approximate surface area is 108 Å². The first kappa shape index (κ1) is 14.6. The number of amides is 2. The summed E-state index contributed by atoms with van der Waals surface area (Å²) in [5, 5.41) is 11.5. The van der Waals surface area contributed by atoms with Crippen LogP contribution in [0.2, 0.25) is 0 Å². The number of amidine groups is 1. The summed E-state index contributed by atoms with van der Waals surface area (Å²) in [6.45, 7) is 6.63. The largest absolute Gasteiger partial charge is 0.409 e. The molecule has 0 aromatic heterocycles. The fourth-order valence-electron chi connectivity index (χ4n) is 2.14. The molecule has 0 aromatic carbocycles. The summed E-state index contributed by atoms with van der Waals surface area (Å²) in [7, 11) is 0. The average Bonchev–Trinajstić information content (AvgIpc) is 2.38. The van der Waals surface area contributed by atoms with Crippen molar-refractivity contribution in [1.82, 2.24) is 9.80 Å². The number of hydrogen-bond donors (Lipinski definition) is 2. The quantitative estimate of drug-likeness (QED) is 0.344. The third-order valence-electron chi connectivity index (χ3n) is 3.30. The van der Waals surface area contributed by atoms with Gasteiger partial charge < -0.3 is 20.7 Å². The van der Waals surface area contributed by atoms with Crippen molar-refractivity contribution in [3.8, 4) is 0 Å². The monoisotopic (exact) mass is 256 g/mol. The fourth-order valence-corrected chi connectivity index (χ4v) is 2.14. The summed E-state index contributed by atoms with van der Waals surface area (Å²) in [5.74, 6) is 0.764. The number of urea groups is 1. The number of oxime groups is 1. The molecule has 0 bridgehead atoms. The molecule has 1 saturated heterocycles. The minimum absolute atomic E-state index is 0.00431. The summed E-state index contributed by atoms with van der Waals surface area (Å²) in [4.78, 5) is 15.8. The number of carbonyl (C=O) groups is 1. The smallest absolute Gasteiger partial charge is 0.320 e. The van der Waals surface area contributed by atoms with Crippen molar-refractivity contribution >= 4 is 11.9 Å². The molecule has 1 rings (SSSR count). The van der Waals surface area contributed by atoms with Gasteiger partial charge in [-0.05, 0) is 25.2 Å². The highest BCUT2D eigenvalue weighted by Gasteiger charge is 2.24. The zero-order valence-electron chi connectivity index (χ0n) is 11.3. The topological polar surface area (TPSA) is 82.2 Å². The average molecular weight is 256 g/mol. The normalized spacial score (nSPS) is 17.9. The Balaban J connectivity index is 2.58. The van der Waals surface area contributed by atoms with E-state index in [9.17, 15) is 4.79 Å². The molecule has 0 aromatic rings. The molecule has 104 valence electrons. The van der Waals surface area contributed by atoms with E-state index in [4.69, 9.17) is 10.9 Å². The van der Waals surface area contributed by atoms with Crippen LogP contribution in [0, 0.1) is 5.92 Å². The van der Waals surface area contributed by atoms with Crippen LogP contribution in [-0.4, -0.2) is 53.1 Å². The lowest BCUT2D eigenvalue weighted by molar-refractivity contribution is 0.139. The predicted molar refractivity (Wildman–Crippen MR) is 70.6 cm³/mol. The van der Waals surface area contributed by atoms with Crippen molar-refractivity contribution in [1.29, 1.82) is 0 Å². The molecule has 1 heterocycles. The van der Waals surface area contributed by atoms with E-state index < -0.39 is 0 Å².